The Morgan fingerprint density at radius 1 is 1.09 bits per heavy atom. The highest BCUT2D eigenvalue weighted by molar-refractivity contribution is 5.89. The van der Waals surface area contributed by atoms with Gasteiger partial charge in [0.2, 0.25) is 5.91 Å². The lowest BCUT2D eigenvalue weighted by molar-refractivity contribution is -0.139. The number of benzene rings is 1. The Hall–Kier alpha value is -2.80. The third-order valence-electron chi connectivity index (χ3n) is 6.75. The Morgan fingerprint density at radius 3 is 2.41 bits per heavy atom. The lowest BCUT2D eigenvalue weighted by atomic mass is 9.94. The predicted molar refractivity (Wildman–Crippen MR) is 124 cm³/mol. The minimum absolute atomic E-state index is 0.0767. The van der Waals surface area contributed by atoms with Gasteiger partial charge in [0, 0.05) is 38.9 Å². The van der Waals surface area contributed by atoms with Crippen LogP contribution in [0, 0.1) is 12.8 Å². The summed E-state index contributed by atoms with van der Waals surface area (Å²) in [5, 5.41) is 2.99. The Kier molecular flexibility index (Phi) is 7.15. The SMILES string of the molecule is Cc1ccc(NC(=O)N2CCN(C(C(=O)N(C)Cc3ccco3)C3CCCC3)CC2)cc1. The molecule has 2 fully saturated rings. The van der Waals surface area contributed by atoms with E-state index in [1.54, 1.807) is 11.2 Å². The topological polar surface area (TPSA) is 69.0 Å². The number of nitrogens with one attached hydrogen (secondary N) is 1. The van der Waals surface area contributed by atoms with Crippen LogP contribution in [0.3, 0.4) is 0 Å². The minimum Gasteiger partial charge on any atom is -0.467 e. The second-order valence-corrected chi connectivity index (χ2v) is 9.08. The smallest absolute Gasteiger partial charge is 0.321 e. The fourth-order valence-corrected chi connectivity index (χ4v) is 4.91. The summed E-state index contributed by atoms with van der Waals surface area (Å²) in [6.07, 6.45) is 6.21. The van der Waals surface area contributed by atoms with Gasteiger partial charge >= 0.3 is 6.03 Å². The summed E-state index contributed by atoms with van der Waals surface area (Å²) < 4.78 is 5.44. The quantitative estimate of drug-likeness (QED) is 0.741. The predicted octanol–water partition coefficient (Wildman–Crippen LogP) is 3.95. The molecule has 32 heavy (non-hydrogen) atoms. The number of amides is 3. The van der Waals surface area contributed by atoms with E-state index in [2.05, 4.69) is 10.2 Å². The van der Waals surface area contributed by atoms with Gasteiger partial charge in [0.15, 0.2) is 0 Å². The molecule has 0 radical (unpaired) electrons. The number of aryl methyl sites for hydroxylation is 1. The molecular weight excluding hydrogens is 404 g/mol. The van der Waals surface area contributed by atoms with Gasteiger partial charge in [-0.15, -0.1) is 0 Å². The molecular formula is C25H34N4O3. The third kappa shape index (κ3) is 5.33. The number of anilines is 1. The molecule has 4 rings (SSSR count). The van der Waals surface area contributed by atoms with Crippen molar-refractivity contribution in [3.63, 3.8) is 0 Å². The summed E-state index contributed by atoms with van der Waals surface area (Å²) in [5.41, 5.74) is 1.97. The summed E-state index contributed by atoms with van der Waals surface area (Å²) in [4.78, 5) is 32.1. The molecule has 0 spiro atoms. The van der Waals surface area contributed by atoms with E-state index < -0.39 is 0 Å². The van der Waals surface area contributed by atoms with Crippen molar-refractivity contribution in [2.24, 2.45) is 5.92 Å². The van der Waals surface area contributed by atoms with E-state index in [0.29, 0.717) is 38.6 Å². The van der Waals surface area contributed by atoms with Crippen LogP contribution in [0.4, 0.5) is 10.5 Å². The zero-order valence-electron chi connectivity index (χ0n) is 19.1. The first-order valence-corrected chi connectivity index (χ1v) is 11.7. The van der Waals surface area contributed by atoms with Crippen LogP contribution in [0.1, 0.15) is 37.0 Å². The van der Waals surface area contributed by atoms with Crippen molar-refractivity contribution in [1.29, 1.82) is 0 Å². The normalized spacial score (nSPS) is 18.5. The number of likely N-dealkylation sites (N-methyl/N-ethyl adjacent to an activating group) is 1. The van der Waals surface area contributed by atoms with Crippen LogP contribution in [-0.4, -0.2) is 65.9 Å². The van der Waals surface area contributed by atoms with Crippen molar-refractivity contribution in [3.05, 3.63) is 54.0 Å². The highest BCUT2D eigenvalue weighted by Crippen LogP contribution is 2.32. The Morgan fingerprint density at radius 2 is 1.78 bits per heavy atom. The number of hydrogen-bond acceptors (Lipinski definition) is 4. The summed E-state index contributed by atoms with van der Waals surface area (Å²) in [6, 6.07) is 11.4. The van der Waals surface area contributed by atoms with Crippen molar-refractivity contribution in [2.45, 2.75) is 45.2 Å². The van der Waals surface area contributed by atoms with Crippen LogP contribution in [0.15, 0.2) is 47.1 Å². The van der Waals surface area contributed by atoms with Crippen LogP contribution < -0.4 is 5.32 Å². The van der Waals surface area contributed by atoms with Crippen molar-refractivity contribution in [1.82, 2.24) is 14.7 Å². The largest absolute Gasteiger partial charge is 0.467 e. The van der Waals surface area contributed by atoms with Crippen molar-refractivity contribution < 1.29 is 14.0 Å². The van der Waals surface area contributed by atoms with Crippen LogP contribution in [0.25, 0.3) is 0 Å². The average Bonchev–Trinajstić information content (AvgIpc) is 3.50. The molecule has 1 saturated heterocycles. The maximum Gasteiger partial charge on any atom is 0.321 e. The van der Waals surface area contributed by atoms with E-state index >= 15 is 0 Å². The molecule has 1 aromatic carbocycles. The highest BCUT2D eigenvalue weighted by Gasteiger charge is 2.38. The van der Waals surface area contributed by atoms with Gasteiger partial charge < -0.3 is 19.5 Å². The van der Waals surface area contributed by atoms with Gasteiger partial charge in [-0.05, 0) is 49.9 Å². The first-order valence-electron chi connectivity index (χ1n) is 11.7. The van der Waals surface area contributed by atoms with Crippen molar-refractivity contribution in [3.8, 4) is 0 Å². The first-order chi connectivity index (χ1) is 15.5. The van der Waals surface area contributed by atoms with Gasteiger partial charge in [0.25, 0.3) is 0 Å². The molecule has 1 aliphatic carbocycles. The summed E-state index contributed by atoms with van der Waals surface area (Å²) in [5.74, 6) is 1.34. The monoisotopic (exact) mass is 438 g/mol. The molecule has 1 saturated carbocycles. The van der Waals surface area contributed by atoms with Gasteiger partial charge in [0.1, 0.15) is 5.76 Å². The van der Waals surface area contributed by atoms with E-state index in [0.717, 1.165) is 29.9 Å². The van der Waals surface area contributed by atoms with Gasteiger partial charge in [-0.25, -0.2) is 4.79 Å². The molecule has 7 nitrogen and oxygen atoms in total. The number of hydrogen-bond donors (Lipinski definition) is 1. The average molecular weight is 439 g/mol. The summed E-state index contributed by atoms with van der Waals surface area (Å²) >= 11 is 0. The fraction of sp³-hybridized carbons (Fsp3) is 0.520. The maximum atomic E-state index is 13.5. The molecule has 2 aromatic rings. The number of rotatable bonds is 6. The number of urea groups is 1. The van der Waals surface area contributed by atoms with Crippen LogP contribution in [0.2, 0.25) is 0 Å². The molecule has 1 unspecified atom stereocenters. The van der Waals surface area contributed by atoms with Gasteiger partial charge in [0.05, 0.1) is 18.8 Å². The lowest BCUT2D eigenvalue weighted by Crippen LogP contribution is -2.58. The molecule has 3 amide bonds. The van der Waals surface area contributed by atoms with Crippen molar-refractivity contribution in [2.75, 3.05) is 38.5 Å². The zero-order valence-corrected chi connectivity index (χ0v) is 19.1. The highest BCUT2D eigenvalue weighted by atomic mass is 16.3. The van der Waals surface area contributed by atoms with E-state index in [9.17, 15) is 9.59 Å². The number of piperazine rings is 1. The third-order valence-corrected chi connectivity index (χ3v) is 6.75. The molecule has 1 aliphatic heterocycles. The minimum atomic E-state index is -0.125. The fourth-order valence-electron chi connectivity index (χ4n) is 4.91. The molecule has 2 aliphatic rings. The molecule has 172 valence electrons. The molecule has 2 heterocycles. The first kappa shape index (κ1) is 22.4. The lowest BCUT2D eigenvalue weighted by Gasteiger charge is -2.41. The molecule has 0 bridgehead atoms. The number of carbonyl (C=O) groups excluding carboxylic acids is 2. The Bertz CT molecular complexity index is 882. The molecule has 1 N–H and O–H groups in total. The van der Waals surface area contributed by atoms with Gasteiger partial charge in [-0.3, -0.25) is 9.69 Å². The van der Waals surface area contributed by atoms with Crippen LogP contribution >= 0.6 is 0 Å². The van der Waals surface area contributed by atoms with E-state index in [4.69, 9.17) is 4.42 Å². The van der Waals surface area contributed by atoms with E-state index in [1.807, 2.05) is 55.3 Å². The molecule has 7 heteroatoms. The Balaban J connectivity index is 1.37. The molecule has 1 aromatic heterocycles. The standard InChI is InChI=1S/C25H34N4O3/c1-19-9-11-21(12-10-19)26-25(31)29-15-13-28(14-16-29)23(20-6-3-4-7-20)24(30)27(2)18-22-8-5-17-32-22/h5,8-12,17,20,23H,3-4,6-7,13-16,18H2,1-2H3,(H,26,31). The van der Waals surface area contributed by atoms with Gasteiger partial charge in [-0.2, -0.15) is 0 Å². The second kappa shape index (κ2) is 10.2. The Labute approximate surface area is 190 Å². The van der Waals surface area contributed by atoms with E-state index in [-0.39, 0.29) is 18.0 Å². The molecule has 1 atom stereocenters. The van der Waals surface area contributed by atoms with Gasteiger partial charge in [-0.1, -0.05) is 30.5 Å². The van der Waals surface area contributed by atoms with Crippen molar-refractivity contribution >= 4 is 17.6 Å². The zero-order chi connectivity index (χ0) is 22.5. The number of furan rings is 1. The van der Waals surface area contributed by atoms with Crippen LogP contribution in [-0.2, 0) is 11.3 Å². The maximum absolute atomic E-state index is 13.5. The van der Waals surface area contributed by atoms with Crippen LogP contribution in [0.5, 0.6) is 0 Å². The summed E-state index contributed by atoms with van der Waals surface area (Å²) in [6.45, 7) is 5.17. The summed E-state index contributed by atoms with van der Waals surface area (Å²) in [7, 11) is 1.86. The number of carbonyl (C=O) groups is 2. The van der Waals surface area contributed by atoms with E-state index in [1.165, 1.54) is 12.8 Å². The number of nitrogens with zero attached hydrogens (tertiary/aromatic N) is 3. The second-order valence-electron chi connectivity index (χ2n) is 9.08.